The van der Waals surface area contributed by atoms with E-state index < -0.39 is 11.5 Å². The lowest BCUT2D eigenvalue weighted by Crippen LogP contribution is -2.48. The van der Waals surface area contributed by atoms with Crippen molar-refractivity contribution < 1.29 is 14.7 Å². The van der Waals surface area contributed by atoms with Gasteiger partial charge in [-0.3, -0.25) is 14.5 Å². The van der Waals surface area contributed by atoms with Crippen molar-refractivity contribution in [1.82, 2.24) is 4.90 Å². The van der Waals surface area contributed by atoms with Gasteiger partial charge in [0, 0.05) is 11.2 Å². The predicted octanol–water partition coefficient (Wildman–Crippen LogP) is 1.68. The normalized spacial score (nSPS) is 11.0. The number of amides is 1. The van der Waals surface area contributed by atoms with Gasteiger partial charge in [0.15, 0.2) is 0 Å². The van der Waals surface area contributed by atoms with Crippen LogP contribution in [0.5, 0.6) is 0 Å². The third-order valence-corrected chi connectivity index (χ3v) is 2.91. The fourth-order valence-corrected chi connectivity index (χ4v) is 1.70. The lowest BCUT2D eigenvalue weighted by Gasteiger charge is -2.33. The first-order valence-corrected chi connectivity index (χ1v) is 6.49. The van der Waals surface area contributed by atoms with Gasteiger partial charge in [0.05, 0.1) is 24.7 Å². The Bertz CT molecular complexity index is 553. The first-order valence-electron chi connectivity index (χ1n) is 6.49. The molecule has 0 aromatic heterocycles. The Morgan fingerprint density at radius 1 is 1.24 bits per heavy atom. The number of hydrogen-bond acceptors (Lipinski definition) is 4. The summed E-state index contributed by atoms with van der Waals surface area (Å²) in [7, 11) is 0. The standard InChI is InChI=1S/C15H19N3O3/c1-15(2,3)18(10-14(20)21)9-13(19)17-12-6-4-11(8-16)5-7-12/h4-7H,9-10H2,1-3H3,(H,17,19)(H,20,21). The molecule has 0 aliphatic carbocycles. The monoisotopic (exact) mass is 289 g/mol. The van der Waals surface area contributed by atoms with Gasteiger partial charge in [-0.05, 0) is 45.0 Å². The Morgan fingerprint density at radius 3 is 2.24 bits per heavy atom. The van der Waals surface area contributed by atoms with E-state index in [2.05, 4.69) is 5.32 Å². The molecule has 1 aromatic carbocycles. The molecule has 0 saturated carbocycles. The van der Waals surface area contributed by atoms with E-state index in [1.807, 2.05) is 26.8 Å². The average molecular weight is 289 g/mol. The number of nitrogens with one attached hydrogen (secondary N) is 1. The number of carbonyl (C=O) groups is 2. The smallest absolute Gasteiger partial charge is 0.317 e. The highest BCUT2D eigenvalue weighted by molar-refractivity contribution is 5.92. The number of anilines is 1. The number of carboxylic acid groups (broad SMARTS) is 1. The summed E-state index contributed by atoms with van der Waals surface area (Å²) >= 11 is 0. The number of hydrogen-bond donors (Lipinski definition) is 2. The molecule has 1 rings (SSSR count). The van der Waals surface area contributed by atoms with Gasteiger partial charge in [0.1, 0.15) is 0 Å². The van der Waals surface area contributed by atoms with Crippen LogP contribution in [0.2, 0.25) is 0 Å². The third-order valence-electron chi connectivity index (χ3n) is 2.91. The molecule has 0 fully saturated rings. The lowest BCUT2D eigenvalue weighted by molar-refractivity contribution is -0.140. The number of carbonyl (C=O) groups excluding carboxylic acids is 1. The van der Waals surface area contributed by atoms with Crippen LogP contribution in [0.3, 0.4) is 0 Å². The summed E-state index contributed by atoms with van der Waals surface area (Å²) in [6.07, 6.45) is 0. The number of aliphatic carboxylic acids is 1. The highest BCUT2D eigenvalue weighted by Crippen LogP contribution is 2.14. The van der Waals surface area contributed by atoms with Crippen molar-refractivity contribution in [3.63, 3.8) is 0 Å². The van der Waals surface area contributed by atoms with Gasteiger partial charge in [-0.2, -0.15) is 5.26 Å². The fourth-order valence-electron chi connectivity index (χ4n) is 1.70. The first-order chi connectivity index (χ1) is 9.72. The van der Waals surface area contributed by atoms with Crippen molar-refractivity contribution in [1.29, 1.82) is 5.26 Å². The van der Waals surface area contributed by atoms with Crippen molar-refractivity contribution in [2.24, 2.45) is 0 Å². The molecule has 0 atom stereocenters. The van der Waals surface area contributed by atoms with E-state index in [1.54, 1.807) is 29.2 Å². The minimum Gasteiger partial charge on any atom is -0.480 e. The van der Waals surface area contributed by atoms with Crippen molar-refractivity contribution in [3.05, 3.63) is 29.8 Å². The Hall–Kier alpha value is -2.39. The number of nitrogens with zero attached hydrogens (tertiary/aromatic N) is 2. The Labute approximate surface area is 124 Å². The number of nitriles is 1. The summed E-state index contributed by atoms with van der Waals surface area (Å²) in [5.41, 5.74) is 0.652. The molecule has 0 radical (unpaired) electrons. The van der Waals surface area contributed by atoms with E-state index in [9.17, 15) is 9.59 Å². The van der Waals surface area contributed by atoms with Crippen molar-refractivity contribution >= 4 is 17.6 Å². The van der Waals surface area contributed by atoms with E-state index in [-0.39, 0.29) is 19.0 Å². The van der Waals surface area contributed by atoms with Crippen LogP contribution in [0, 0.1) is 11.3 Å². The molecule has 21 heavy (non-hydrogen) atoms. The van der Waals surface area contributed by atoms with E-state index in [0.29, 0.717) is 11.3 Å². The molecule has 112 valence electrons. The molecular formula is C15H19N3O3. The van der Waals surface area contributed by atoms with E-state index in [0.717, 1.165) is 0 Å². The summed E-state index contributed by atoms with van der Waals surface area (Å²) in [6.45, 7) is 5.33. The van der Waals surface area contributed by atoms with Crippen LogP contribution in [-0.4, -0.2) is 40.5 Å². The van der Waals surface area contributed by atoms with Crippen LogP contribution < -0.4 is 5.32 Å². The van der Waals surface area contributed by atoms with E-state index >= 15 is 0 Å². The molecule has 0 aliphatic rings. The second-order valence-electron chi connectivity index (χ2n) is 5.66. The van der Waals surface area contributed by atoms with Gasteiger partial charge in [-0.25, -0.2) is 0 Å². The van der Waals surface area contributed by atoms with Crippen LogP contribution in [0.15, 0.2) is 24.3 Å². The maximum atomic E-state index is 12.0. The second-order valence-corrected chi connectivity index (χ2v) is 5.66. The summed E-state index contributed by atoms with van der Waals surface area (Å²) in [4.78, 5) is 24.4. The van der Waals surface area contributed by atoms with Crippen LogP contribution >= 0.6 is 0 Å². The summed E-state index contributed by atoms with van der Waals surface area (Å²) < 4.78 is 0. The van der Waals surface area contributed by atoms with Crippen molar-refractivity contribution in [3.8, 4) is 6.07 Å². The third kappa shape index (κ3) is 5.63. The summed E-state index contributed by atoms with van der Waals surface area (Å²) in [5, 5.41) is 20.3. The minimum atomic E-state index is -0.976. The van der Waals surface area contributed by atoms with Crippen molar-refractivity contribution in [2.75, 3.05) is 18.4 Å². The molecule has 0 spiro atoms. The topological polar surface area (TPSA) is 93.4 Å². The maximum absolute atomic E-state index is 12.0. The Kier molecular flexibility index (Phi) is 5.44. The summed E-state index contributed by atoms with van der Waals surface area (Å²) in [6, 6.07) is 8.47. The van der Waals surface area contributed by atoms with Crippen molar-refractivity contribution in [2.45, 2.75) is 26.3 Å². The molecule has 1 aromatic rings. The molecule has 0 heterocycles. The number of carboxylic acids is 1. The molecule has 0 unspecified atom stereocenters. The molecular weight excluding hydrogens is 270 g/mol. The fraction of sp³-hybridized carbons (Fsp3) is 0.400. The molecule has 6 nitrogen and oxygen atoms in total. The zero-order valence-corrected chi connectivity index (χ0v) is 12.4. The van der Waals surface area contributed by atoms with Crippen LogP contribution in [-0.2, 0) is 9.59 Å². The Morgan fingerprint density at radius 2 is 1.81 bits per heavy atom. The number of rotatable bonds is 5. The molecule has 0 aliphatic heterocycles. The van der Waals surface area contributed by atoms with Gasteiger partial charge in [-0.15, -0.1) is 0 Å². The van der Waals surface area contributed by atoms with Crippen LogP contribution in [0.25, 0.3) is 0 Å². The first kappa shape index (κ1) is 16.7. The highest BCUT2D eigenvalue weighted by atomic mass is 16.4. The molecule has 2 N–H and O–H groups in total. The predicted molar refractivity (Wildman–Crippen MR) is 78.7 cm³/mol. The lowest BCUT2D eigenvalue weighted by atomic mass is 10.1. The van der Waals surface area contributed by atoms with Gasteiger partial charge in [0.2, 0.25) is 5.91 Å². The van der Waals surface area contributed by atoms with Crippen LogP contribution in [0.4, 0.5) is 5.69 Å². The molecule has 6 heteroatoms. The van der Waals surface area contributed by atoms with Gasteiger partial charge in [0.25, 0.3) is 0 Å². The largest absolute Gasteiger partial charge is 0.480 e. The molecule has 0 bridgehead atoms. The summed E-state index contributed by atoms with van der Waals surface area (Å²) in [5.74, 6) is -1.27. The SMILES string of the molecule is CC(C)(C)N(CC(=O)O)CC(=O)Nc1ccc(C#N)cc1. The highest BCUT2D eigenvalue weighted by Gasteiger charge is 2.25. The number of benzene rings is 1. The maximum Gasteiger partial charge on any atom is 0.317 e. The second kappa shape index (κ2) is 6.86. The van der Waals surface area contributed by atoms with Gasteiger partial charge >= 0.3 is 5.97 Å². The minimum absolute atomic E-state index is 0.0181. The zero-order valence-electron chi connectivity index (χ0n) is 12.4. The quantitative estimate of drug-likeness (QED) is 0.860. The van der Waals surface area contributed by atoms with Gasteiger partial charge in [-0.1, -0.05) is 0 Å². The van der Waals surface area contributed by atoms with E-state index in [4.69, 9.17) is 10.4 Å². The average Bonchev–Trinajstić information content (AvgIpc) is 2.37. The Balaban J connectivity index is 2.69. The molecule has 0 saturated heterocycles. The van der Waals surface area contributed by atoms with Crippen LogP contribution in [0.1, 0.15) is 26.3 Å². The zero-order chi connectivity index (χ0) is 16.0. The molecule has 1 amide bonds. The van der Waals surface area contributed by atoms with Gasteiger partial charge < -0.3 is 10.4 Å². The van der Waals surface area contributed by atoms with E-state index in [1.165, 1.54) is 0 Å².